The van der Waals surface area contributed by atoms with Crippen LogP contribution in [0.5, 0.6) is 0 Å². The molecule has 0 aliphatic carbocycles. The summed E-state index contributed by atoms with van der Waals surface area (Å²) in [5.74, 6) is -1.62. The number of hydrogen-bond acceptors (Lipinski definition) is 31. The Hall–Kier alpha value is -2.22. The molecule has 2 amide bonds. The molecule has 0 aromatic carbocycles. The fourth-order valence-corrected chi connectivity index (χ4v) is 9.20. The fourth-order valence-electron chi connectivity index (χ4n) is 9.20. The van der Waals surface area contributed by atoms with Crippen LogP contribution in [0.25, 0.3) is 0 Å². The highest BCUT2D eigenvalue weighted by Gasteiger charge is 2.58. The molecule has 20 N–H and O–H groups in total. The van der Waals surface area contributed by atoms with Crippen molar-refractivity contribution in [3.8, 4) is 0 Å². The van der Waals surface area contributed by atoms with Crippen LogP contribution in [0.4, 0.5) is 0 Å². The van der Waals surface area contributed by atoms with Gasteiger partial charge in [0.15, 0.2) is 37.7 Å². The number of hydrogen-bond donors (Lipinski definition) is 20. The third-order valence-corrected chi connectivity index (χ3v) is 13.2. The molecule has 73 heavy (non-hydrogen) atoms. The first kappa shape index (κ1) is 60.0. The molecule has 0 saturated carbocycles. The molecular weight excluding hydrogens is 1000 g/mol. The Morgan fingerprint density at radius 1 is 0.356 bits per heavy atom. The average Bonchev–Trinajstić information content (AvgIpc) is 3.35. The summed E-state index contributed by atoms with van der Waals surface area (Å²) in [5, 5.41) is 197. The second-order valence-corrected chi connectivity index (χ2v) is 18.3. The Balaban J connectivity index is 1.31. The van der Waals surface area contributed by atoms with Crippen molar-refractivity contribution < 1.29 is 154 Å². The Labute approximate surface area is 413 Å². The summed E-state index contributed by atoms with van der Waals surface area (Å²) in [6.07, 6.45) is -54.1. The van der Waals surface area contributed by atoms with Crippen molar-refractivity contribution in [2.75, 3.05) is 39.6 Å². The van der Waals surface area contributed by atoms with Crippen molar-refractivity contribution in [3.05, 3.63) is 0 Å². The van der Waals surface area contributed by atoms with Crippen molar-refractivity contribution in [2.45, 2.75) is 198 Å². The van der Waals surface area contributed by atoms with E-state index in [1.165, 1.54) is 0 Å². The monoisotopic (exact) mass is 1070 g/mol. The Morgan fingerprint density at radius 2 is 0.740 bits per heavy atom. The summed E-state index contributed by atoms with van der Waals surface area (Å²) in [6, 6.07) is -3.42. The van der Waals surface area contributed by atoms with E-state index < -0.39 is 236 Å². The summed E-state index contributed by atoms with van der Waals surface area (Å²) in [7, 11) is 0. The second-order valence-electron chi connectivity index (χ2n) is 18.3. The van der Waals surface area contributed by atoms with Crippen LogP contribution in [0.3, 0.4) is 0 Å². The van der Waals surface area contributed by atoms with Gasteiger partial charge in [-0.05, 0) is 0 Å². The largest absolute Gasteiger partial charge is 0.394 e. The van der Waals surface area contributed by atoms with Crippen molar-refractivity contribution in [1.29, 1.82) is 0 Å². The van der Waals surface area contributed by atoms with Crippen LogP contribution in [-0.4, -0.2) is 327 Å². The molecule has 6 aliphatic rings. The first-order valence-corrected chi connectivity index (χ1v) is 23.1. The summed E-state index contributed by atoms with van der Waals surface area (Å²) in [4.78, 5) is 24.5. The lowest BCUT2D eigenvalue weighted by atomic mass is 9.94. The fraction of sp³-hybridized carbons (Fsp3) is 0.950. The number of nitrogens with one attached hydrogen (secondary N) is 2. The predicted octanol–water partition coefficient (Wildman–Crippen LogP) is -13.8. The highest BCUT2D eigenvalue weighted by molar-refractivity contribution is 5.73. The average molecular weight is 1070 g/mol. The molecule has 424 valence electrons. The lowest BCUT2D eigenvalue weighted by molar-refractivity contribution is -0.396. The van der Waals surface area contributed by atoms with Gasteiger partial charge in [-0.3, -0.25) is 9.59 Å². The second kappa shape index (κ2) is 26.0. The van der Waals surface area contributed by atoms with Gasteiger partial charge in [0, 0.05) is 13.8 Å². The third kappa shape index (κ3) is 13.0. The lowest BCUT2D eigenvalue weighted by Gasteiger charge is -2.50. The number of rotatable bonds is 18. The minimum absolute atomic E-state index is 0.758. The molecule has 33 heteroatoms. The van der Waals surface area contributed by atoms with Crippen LogP contribution < -0.4 is 10.6 Å². The molecule has 0 aromatic heterocycles. The van der Waals surface area contributed by atoms with E-state index >= 15 is 0 Å². The number of aliphatic hydroxyl groups is 18. The van der Waals surface area contributed by atoms with E-state index in [-0.39, 0.29) is 0 Å². The quantitative estimate of drug-likeness (QED) is 0.0606. The molecule has 0 spiro atoms. The van der Waals surface area contributed by atoms with Gasteiger partial charge >= 0.3 is 0 Å². The zero-order valence-corrected chi connectivity index (χ0v) is 38.9. The molecular formula is C40H68N2O31. The highest BCUT2D eigenvalue weighted by atomic mass is 16.8. The van der Waals surface area contributed by atoms with Crippen LogP contribution in [0.1, 0.15) is 13.8 Å². The van der Waals surface area contributed by atoms with Crippen LogP contribution >= 0.6 is 0 Å². The number of amides is 2. The summed E-state index contributed by atoms with van der Waals surface area (Å²) < 4.78 is 62.9. The number of carbonyl (C=O) groups excluding carboxylic acids is 2. The van der Waals surface area contributed by atoms with Gasteiger partial charge in [-0.15, -0.1) is 0 Å². The maximum Gasteiger partial charge on any atom is 0.217 e. The number of ether oxygens (including phenoxy) is 11. The topological polar surface area (TPSA) is 524 Å². The molecule has 0 aromatic rings. The van der Waals surface area contributed by atoms with Crippen LogP contribution in [-0.2, 0) is 61.7 Å². The van der Waals surface area contributed by atoms with Crippen molar-refractivity contribution >= 4 is 11.8 Å². The SMILES string of the molecule is CC(=O)N[C@@H]1[C@@H](O)[C@H](O[C@@H]2O[C@H](CO[C@H]3O[C@H](CO)[C@@H](O)[C@H](O)[C@@H]3O)[C@@H](O)[C@H](O[C@H]3O[C@H](CO)[C@@H](O)[C@H](O)[C@@H]3O[C@@H]3O[C@H](CO)[C@@H](O[C@@H]4O[C@H](CO)[C@H](O)[C@H](O)[C@H]4O)[C@H](O)[C@H]3NC(C)=O)[C@@H]2O)[C@@H](CO)O[C@@H]1O. The molecule has 0 unspecified atom stereocenters. The van der Waals surface area contributed by atoms with Gasteiger partial charge in [0.1, 0.15) is 146 Å². The minimum atomic E-state index is -2.30. The van der Waals surface area contributed by atoms with E-state index in [9.17, 15) is 102 Å². The van der Waals surface area contributed by atoms with E-state index in [4.69, 9.17) is 52.1 Å². The standard InChI is InChI=1S/C40H68N2O31/c1-9(48)41-17-23(54)31(14(6-46)64-35(17)62)71-39-30(61)33(22(53)16(69-39)8-63-37-28(59)25(56)19(50)11(3-43)65-37)72-40-34(27(58)21(52)13(5-45)67-40)73-36-18(42-10(2)49)24(55)32(15(7-47)68-36)70-38-29(60)26(57)20(51)12(4-44)66-38/h11-40,43-47,50-62H,3-8H2,1-2H3,(H,41,48)(H,42,49)/t11-,12-,13-,14-,15-,16-,17-,18-,19-,20+,21-,22-,23-,24-,25+,26+,27+,28+,29-,30+,31-,32-,33+,34+,35+,36+,37+,38+,39+,40-/m1/s1. The van der Waals surface area contributed by atoms with Gasteiger partial charge < -0.3 is 155 Å². The van der Waals surface area contributed by atoms with Gasteiger partial charge in [0.05, 0.1) is 39.6 Å². The molecule has 6 saturated heterocycles. The molecule has 6 heterocycles. The molecule has 0 radical (unpaired) electrons. The molecule has 33 nitrogen and oxygen atoms in total. The van der Waals surface area contributed by atoms with Gasteiger partial charge in [-0.2, -0.15) is 0 Å². The molecule has 0 bridgehead atoms. The molecule has 30 atom stereocenters. The first-order valence-electron chi connectivity index (χ1n) is 23.1. The smallest absolute Gasteiger partial charge is 0.217 e. The van der Waals surface area contributed by atoms with E-state index in [0.717, 1.165) is 13.8 Å². The maximum atomic E-state index is 12.6. The summed E-state index contributed by atoms with van der Waals surface area (Å²) in [6.45, 7) is -3.67. The predicted molar refractivity (Wildman–Crippen MR) is 222 cm³/mol. The van der Waals surface area contributed by atoms with Crippen LogP contribution in [0.2, 0.25) is 0 Å². The maximum absolute atomic E-state index is 12.6. The molecule has 6 fully saturated rings. The third-order valence-electron chi connectivity index (χ3n) is 13.2. The van der Waals surface area contributed by atoms with E-state index in [1.807, 2.05) is 0 Å². The van der Waals surface area contributed by atoms with Crippen molar-refractivity contribution in [3.63, 3.8) is 0 Å². The molecule has 6 aliphatic heterocycles. The van der Waals surface area contributed by atoms with Crippen molar-refractivity contribution in [1.82, 2.24) is 10.6 Å². The van der Waals surface area contributed by atoms with Gasteiger partial charge in [0.2, 0.25) is 11.8 Å². The molecule has 6 rings (SSSR count). The van der Waals surface area contributed by atoms with Gasteiger partial charge in [-0.25, -0.2) is 0 Å². The zero-order chi connectivity index (χ0) is 53.9. The lowest BCUT2D eigenvalue weighted by Crippen LogP contribution is -2.70. The van der Waals surface area contributed by atoms with Crippen molar-refractivity contribution in [2.24, 2.45) is 0 Å². The summed E-state index contributed by atoms with van der Waals surface area (Å²) in [5.41, 5.74) is 0. The van der Waals surface area contributed by atoms with E-state index in [2.05, 4.69) is 10.6 Å². The normalized spacial score (nSPS) is 49.8. The summed E-state index contributed by atoms with van der Waals surface area (Å²) >= 11 is 0. The number of carbonyl (C=O) groups is 2. The Bertz CT molecular complexity index is 1750. The van der Waals surface area contributed by atoms with E-state index in [0.29, 0.717) is 0 Å². The van der Waals surface area contributed by atoms with Crippen LogP contribution in [0, 0.1) is 0 Å². The van der Waals surface area contributed by atoms with E-state index in [1.54, 1.807) is 0 Å². The Morgan fingerprint density at radius 3 is 1.26 bits per heavy atom. The van der Waals surface area contributed by atoms with Gasteiger partial charge in [-0.1, -0.05) is 0 Å². The minimum Gasteiger partial charge on any atom is -0.394 e. The van der Waals surface area contributed by atoms with Gasteiger partial charge in [0.25, 0.3) is 0 Å². The number of aliphatic hydroxyl groups excluding tert-OH is 18. The van der Waals surface area contributed by atoms with Crippen LogP contribution in [0.15, 0.2) is 0 Å². The highest BCUT2D eigenvalue weighted by Crippen LogP contribution is 2.37. The first-order chi connectivity index (χ1) is 34.5. The zero-order valence-electron chi connectivity index (χ0n) is 38.9. The Kier molecular flexibility index (Phi) is 21.3.